The Morgan fingerprint density at radius 1 is 1.24 bits per heavy atom. The van der Waals surface area contributed by atoms with Gasteiger partial charge in [-0.3, -0.25) is 14.4 Å². The molecular weight excluding hydrogens is 429 g/mol. The SMILES string of the molecule is CCNC(=NCCc1cnn(C)c1)N1CCC(c2cnn(C)c2)C1.I. The van der Waals surface area contributed by atoms with Crippen LogP contribution in [0.3, 0.4) is 0 Å². The Balaban J connectivity index is 0.00000225. The van der Waals surface area contributed by atoms with Crippen LogP contribution in [0.5, 0.6) is 0 Å². The molecule has 0 aromatic carbocycles. The summed E-state index contributed by atoms with van der Waals surface area (Å²) in [7, 11) is 3.92. The van der Waals surface area contributed by atoms with Gasteiger partial charge in [0.2, 0.25) is 0 Å². The number of likely N-dealkylation sites (tertiary alicyclic amines) is 1. The number of aliphatic imine (C=N–C) groups is 1. The van der Waals surface area contributed by atoms with Crippen molar-refractivity contribution in [3.63, 3.8) is 0 Å². The zero-order chi connectivity index (χ0) is 16.9. The van der Waals surface area contributed by atoms with Gasteiger partial charge in [0.15, 0.2) is 5.96 Å². The van der Waals surface area contributed by atoms with E-state index in [4.69, 9.17) is 4.99 Å². The van der Waals surface area contributed by atoms with E-state index in [0.717, 1.165) is 45.0 Å². The van der Waals surface area contributed by atoms with Gasteiger partial charge in [0.05, 0.1) is 12.4 Å². The maximum atomic E-state index is 4.81. The lowest BCUT2D eigenvalue weighted by atomic mass is 10.0. The highest BCUT2D eigenvalue weighted by atomic mass is 127. The summed E-state index contributed by atoms with van der Waals surface area (Å²) < 4.78 is 3.72. The molecule has 1 saturated heterocycles. The molecule has 8 heteroatoms. The molecule has 0 amide bonds. The minimum absolute atomic E-state index is 0. The molecule has 1 fully saturated rings. The lowest BCUT2D eigenvalue weighted by Crippen LogP contribution is -2.40. The Labute approximate surface area is 166 Å². The smallest absolute Gasteiger partial charge is 0.193 e. The fraction of sp³-hybridized carbons (Fsp3) is 0.588. The number of aromatic nitrogens is 4. The van der Waals surface area contributed by atoms with Crippen LogP contribution in [0.4, 0.5) is 0 Å². The third-order valence-corrected chi connectivity index (χ3v) is 4.44. The lowest BCUT2D eigenvalue weighted by Gasteiger charge is -2.21. The first-order chi connectivity index (χ1) is 11.7. The first-order valence-electron chi connectivity index (χ1n) is 8.65. The van der Waals surface area contributed by atoms with Gasteiger partial charge in [-0.15, -0.1) is 24.0 Å². The van der Waals surface area contributed by atoms with Gasteiger partial charge in [-0.1, -0.05) is 0 Å². The lowest BCUT2D eigenvalue weighted by molar-refractivity contribution is 0.486. The highest BCUT2D eigenvalue weighted by Crippen LogP contribution is 2.26. The molecule has 3 heterocycles. The number of aryl methyl sites for hydroxylation is 2. The van der Waals surface area contributed by atoms with E-state index < -0.39 is 0 Å². The number of guanidine groups is 1. The summed E-state index contributed by atoms with van der Waals surface area (Å²) in [5.41, 5.74) is 2.55. The minimum Gasteiger partial charge on any atom is -0.357 e. The Hall–Kier alpha value is -1.58. The molecule has 1 atom stereocenters. The van der Waals surface area contributed by atoms with Gasteiger partial charge in [0, 0.05) is 58.6 Å². The molecule has 0 bridgehead atoms. The Morgan fingerprint density at radius 2 is 2.00 bits per heavy atom. The van der Waals surface area contributed by atoms with E-state index in [1.54, 1.807) is 0 Å². The average molecular weight is 457 g/mol. The van der Waals surface area contributed by atoms with Crippen LogP contribution in [-0.4, -0.2) is 56.6 Å². The summed E-state index contributed by atoms with van der Waals surface area (Å²) in [5.74, 6) is 1.56. The zero-order valence-corrected chi connectivity index (χ0v) is 17.6. The molecule has 2 aromatic rings. The third kappa shape index (κ3) is 5.20. The van der Waals surface area contributed by atoms with Crippen molar-refractivity contribution in [3.05, 3.63) is 35.9 Å². The average Bonchev–Trinajstić information content (AvgIpc) is 3.27. The maximum absolute atomic E-state index is 4.81. The Kier molecular flexibility index (Phi) is 7.27. The van der Waals surface area contributed by atoms with E-state index in [1.807, 2.05) is 35.9 Å². The predicted octanol–water partition coefficient (Wildman–Crippen LogP) is 1.77. The van der Waals surface area contributed by atoms with Crippen LogP contribution in [0, 0.1) is 0 Å². The Bertz CT molecular complexity index is 691. The van der Waals surface area contributed by atoms with Crippen molar-refractivity contribution in [1.29, 1.82) is 0 Å². The van der Waals surface area contributed by atoms with Gasteiger partial charge < -0.3 is 10.2 Å². The number of rotatable bonds is 5. The molecule has 1 unspecified atom stereocenters. The number of nitrogens with zero attached hydrogens (tertiary/aromatic N) is 6. The molecule has 25 heavy (non-hydrogen) atoms. The fourth-order valence-corrected chi connectivity index (χ4v) is 3.19. The van der Waals surface area contributed by atoms with E-state index >= 15 is 0 Å². The second-order valence-electron chi connectivity index (χ2n) is 6.39. The molecule has 1 N–H and O–H groups in total. The fourth-order valence-electron chi connectivity index (χ4n) is 3.19. The zero-order valence-electron chi connectivity index (χ0n) is 15.2. The third-order valence-electron chi connectivity index (χ3n) is 4.44. The molecule has 0 radical (unpaired) electrons. The molecule has 138 valence electrons. The van der Waals surface area contributed by atoms with Crippen LogP contribution in [0.25, 0.3) is 0 Å². The quantitative estimate of drug-likeness (QED) is 0.423. The van der Waals surface area contributed by atoms with E-state index in [1.165, 1.54) is 11.1 Å². The van der Waals surface area contributed by atoms with E-state index in [9.17, 15) is 0 Å². The number of hydrogen-bond acceptors (Lipinski definition) is 3. The maximum Gasteiger partial charge on any atom is 0.193 e. The molecule has 2 aromatic heterocycles. The van der Waals surface area contributed by atoms with Crippen LogP contribution < -0.4 is 5.32 Å². The van der Waals surface area contributed by atoms with Crippen molar-refractivity contribution in [2.24, 2.45) is 19.1 Å². The van der Waals surface area contributed by atoms with Crippen molar-refractivity contribution in [2.45, 2.75) is 25.7 Å². The number of nitrogens with one attached hydrogen (secondary N) is 1. The highest BCUT2D eigenvalue weighted by Gasteiger charge is 2.26. The van der Waals surface area contributed by atoms with E-state index in [-0.39, 0.29) is 24.0 Å². The van der Waals surface area contributed by atoms with Crippen molar-refractivity contribution < 1.29 is 0 Å². The Morgan fingerprint density at radius 3 is 2.64 bits per heavy atom. The van der Waals surface area contributed by atoms with Gasteiger partial charge in [0.1, 0.15) is 0 Å². The summed E-state index contributed by atoms with van der Waals surface area (Å²) in [5, 5.41) is 11.9. The van der Waals surface area contributed by atoms with E-state index in [0.29, 0.717) is 5.92 Å². The molecule has 7 nitrogen and oxygen atoms in total. The summed E-state index contributed by atoms with van der Waals surface area (Å²) in [4.78, 5) is 7.17. The van der Waals surface area contributed by atoms with Crippen LogP contribution >= 0.6 is 24.0 Å². The minimum atomic E-state index is 0. The number of hydrogen-bond donors (Lipinski definition) is 1. The monoisotopic (exact) mass is 457 g/mol. The predicted molar refractivity (Wildman–Crippen MR) is 110 cm³/mol. The molecule has 0 spiro atoms. The van der Waals surface area contributed by atoms with Crippen molar-refractivity contribution in [3.8, 4) is 0 Å². The van der Waals surface area contributed by atoms with Gasteiger partial charge in [-0.2, -0.15) is 10.2 Å². The second kappa shape index (κ2) is 9.21. The normalized spacial score (nSPS) is 17.6. The van der Waals surface area contributed by atoms with Crippen LogP contribution in [-0.2, 0) is 20.5 Å². The van der Waals surface area contributed by atoms with Gasteiger partial charge in [-0.05, 0) is 30.9 Å². The first kappa shape index (κ1) is 19.7. The van der Waals surface area contributed by atoms with Crippen molar-refractivity contribution in [2.75, 3.05) is 26.2 Å². The van der Waals surface area contributed by atoms with Crippen LogP contribution in [0.2, 0.25) is 0 Å². The number of halogens is 1. The topological polar surface area (TPSA) is 63.3 Å². The highest BCUT2D eigenvalue weighted by molar-refractivity contribution is 14.0. The summed E-state index contributed by atoms with van der Waals surface area (Å²) in [6, 6.07) is 0. The van der Waals surface area contributed by atoms with Gasteiger partial charge in [-0.25, -0.2) is 0 Å². The van der Waals surface area contributed by atoms with Gasteiger partial charge >= 0.3 is 0 Å². The van der Waals surface area contributed by atoms with Crippen LogP contribution in [0.15, 0.2) is 29.8 Å². The van der Waals surface area contributed by atoms with E-state index in [2.05, 4.69) is 39.7 Å². The second-order valence-corrected chi connectivity index (χ2v) is 6.39. The van der Waals surface area contributed by atoms with Crippen molar-refractivity contribution in [1.82, 2.24) is 29.8 Å². The summed E-state index contributed by atoms with van der Waals surface area (Å²) >= 11 is 0. The molecule has 3 rings (SSSR count). The summed E-state index contributed by atoms with van der Waals surface area (Å²) in [6.45, 7) is 5.83. The van der Waals surface area contributed by atoms with Gasteiger partial charge in [0.25, 0.3) is 0 Å². The molecule has 1 aliphatic heterocycles. The molecule has 0 saturated carbocycles. The summed E-state index contributed by atoms with van der Waals surface area (Å²) in [6.07, 6.45) is 10.1. The largest absolute Gasteiger partial charge is 0.357 e. The van der Waals surface area contributed by atoms with Crippen LogP contribution in [0.1, 0.15) is 30.4 Å². The van der Waals surface area contributed by atoms with Crippen molar-refractivity contribution >= 4 is 29.9 Å². The molecule has 1 aliphatic rings. The standard InChI is InChI=1S/C17H27N7.HI/c1-4-18-17(19-7-5-14-9-20-22(2)11-14)24-8-6-15(13-24)16-10-21-23(3)12-16;/h9-12,15H,4-8,13H2,1-3H3,(H,18,19);1H. The molecule has 0 aliphatic carbocycles. The first-order valence-corrected chi connectivity index (χ1v) is 8.65. The molecular formula is C17H28IN7.